The first-order valence-electron chi connectivity index (χ1n) is 7.04. The maximum atomic E-state index is 13.8. The Kier molecular flexibility index (Phi) is 6.40. The van der Waals surface area contributed by atoms with Gasteiger partial charge < -0.3 is 5.32 Å². The third-order valence-corrected chi connectivity index (χ3v) is 4.99. The monoisotopic (exact) mass is 413 g/mol. The summed E-state index contributed by atoms with van der Waals surface area (Å²) in [6.07, 6.45) is 1.85. The van der Waals surface area contributed by atoms with Crippen molar-refractivity contribution in [2.24, 2.45) is 0 Å². The van der Waals surface area contributed by atoms with Crippen LogP contribution in [0.15, 0.2) is 51.4 Å². The molecule has 1 nitrogen and oxygen atoms in total. The van der Waals surface area contributed by atoms with E-state index in [9.17, 15) is 4.39 Å². The number of benzene rings is 2. The summed E-state index contributed by atoms with van der Waals surface area (Å²) < 4.78 is 15.4. The van der Waals surface area contributed by atoms with Gasteiger partial charge in [0.25, 0.3) is 0 Å². The molecule has 21 heavy (non-hydrogen) atoms. The molecule has 0 saturated heterocycles. The lowest BCUT2D eigenvalue weighted by atomic mass is 9.98. The second-order valence-electron chi connectivity index (χ2n) is 4.95. The van der Waals surface area contributed by atoms with Gasteiger partial charge in [-0.3, -0.25) is 0 Å². The Hall–Kier alpha value is -0.710. The summed E-state index contributed by atoms with van der Waals surface area (Å²) in [5, 5.41) is 3.51. The van der Waals surface area contributed by atoms with Crippen molar-refractivity contribution in [3.05, 3.63) is 68.4 Å². The topological polar surface area (TPSA) is 12.0 Å². The van der Waals surface area contributed by atoms with Gasteiger partial charge in [-0.1, -0.05) is 53.2 Å². The van der Waals surface area contributed by atoms with Gasteiger partial charge in [0.15, 0.2) is 0 Å². The molecule has 0 aliphatic rings. The molecule has 2 rings (SSSR count). The summed E-state index contributed by atoms with van der Waals surface area (Å²) in [6, 6.07) is 13.4. The minimum absolute atomic E-state index is 0.0775. The second-order valence-corrected chi connectivity index (χ2v) is 6.59. The Labute approximate surface area is 142 Å². The van der Waals surface area contributed by atoms with Crippen LogP contribution in [0.4, 0.5) is 4.39 Å². The highest BCUT2D eigenvalue weighted by Gasteiger charge is 2.17. The van der Waals surface area contributed by atoms with Crippen LogP contribution in [0.25, 0.3) is 0 Å². The summed E-state index contributed by atoms with van der Waals surface area (Å²) in [6.45, 7) is 3.03. The highest BCUT2D eigenvalue weighted by Crippen LogP contribution is 2.30. The standard InChI is InChI=1S/C17H18Br2FN/c1-2-10-21-16(11-12-6-3-4-8-14(12)18)13-7-5-9-15(20)17(13)19/h3-9,16,21H,2,10-11H2,1H3. The second kappa shape index (κ2) is 8.06. The number of halogens is 3. The summed E-state index contributed by atoms with van der Waals surface area (Å²) >= 11 is 6.96. The van der Waals surface area contributed by atoms with Crippen LogP contribution < -0.4 is 5.32 Å². The number of hydrogen-bond donors (Lipinski definition) is 1. The summed E-state index contributed by atoms with van der Waals surface area (Å²) in [7, 11) is 0. The normalized spacial score (nSPS) is 12.4. The first-order chi connectivity index (χ1) is 10.1. The largest absolute Gasteiger partial charge is 0.310 e. The minimum atomic E-state index is -0.220. The lowest BCUT2D eigenvalue weighted by Gasteiger charge is -2.21. The molecule has 0 aliphatic heterocycles. The van der Waals surface area contributed by atoms with E-state index < -0.39 is 0 Å². The van der Waals surface area contributed by atoms with Crippen LogP contribution in [-0.4, -0.2) is 6.54 Å². The van der Waals surface area contributed by atoms with E-state index in [-0.39, 0.29) is 11.9 Å². The zero-order chi connectivity index (χ0) is 15.2. The first-order valence-corrected chi connectivity index (χ1v) is 8.62. The van der Waals surface area contributed by atoms with Crippen LogP contribution in [0.3, 0.4) is 0 Å². The molecular weight excluding hydrogens is 397 g/mol. The van der Waals surface area contributed by atoms with Gasteiger partial charge in [0.1, 0.15) is 5.82 Å². The molecule has 4 heteroatoms. The fraction of sp³-hybridized carbons (Fsp3) is 0.294. The Bertz CT molecular complexity index is 601. The van der Waals surface area contributed by atoms with Crippen molar-refractivity contribution in [3.8, 4) is 0 Å². The van der Waals surface area contributed by atoms with E-state index in [1.807, 2.05) is 24.3 Å². The van der Waals surface area contributed by atoms with E-state index in [2.05, 4.69) is 50.2 Å². The Balaban J connectivity index is 2.30. The van der Waals surface area contributed by atoms with Crippen LogP contribution in [0, 0.1) is 5.82 Å². The van der Waals surface area contributed by atoms with Gasteiger partial charge >= 0.3 is 0 Å². The molecule has 112 valence electrons. The molecule has 1 N–H and O–H groups in total. The highest BCUT2D eigenvalue weighted by molar-refractivity contribution is 9.10. The van der Waals surface area contributed by atoms with Crippen LogP contribution >= 0.6 is 31.9 Å². The van der Waals surface area contributed by atoms with Crippen LogP contribution in [-0.2, 0) is 6.42 Å². The lowest BCUT2D eigenvalue weighted by Crippen LogP contribution is -2.24. The van der Waals surface area contributed by atoms with Crippen molar-refractivity contribution in [2.45, 2.75) is 25.8 Å². The molecule has 0 spiro atoms. The van der Waals surface area contributed by atoms with Gasteiger partial charge in [-0.05, 0) is 58.6 Å². The predicted octanol–water partition coefficient (Wildman–Crippen LogP) is 5.63. The fourth-order valence-corrected chi connectivity index (χ4v) is 3.27. The minimum Gasteiger partial charge on any atom is -0.310 e. The third kappa shape index (κ3) is 4.38. The van der Waals surface area contributed by atoms with Gasteiger partial charge in [-0.25, -0.2) is 4.39 Å². The number of rotatable bonds is 6. The fourth-order valence-electron chi connectivity index (χ4n) is 2.28. The molecule has 0 amide bonds. The van der Waals surface area contributed by atoms with E-state index in [1.54, 1.807) is 6.07 Å². The lowest BCUT2D eigenvalue weighted by molar-refractivity contribution is 0.520. The molecule has 0 heterocycles. The zero-order valence-corrected chi connectivity index (χ0v) is 15.0. The predicted molar refractivity (Wildman–Crippen MR) is 93.0 cm³/mol. The molecule has 2 aromatic carbocycles. The zero-order valence-electron chi connectivity index (χ0n) is 11.9. The van der Waals surface area contributed by atoms with Crippen LogP contribution in [0.2, 0.25) is 0 Å². The molecule has 1 atom stereocenters. The third-order valence-electron chi connectivity index (χ3n) is 3.38. The summed E-state index contributed by atoms with van der Waals surface area (Å²) in [4.78, 5) is 0. The molecule has 1 unspecified atom stereocenters. The van der Waals surface area contributed by atoms with E-state index in [0.717, 1.165) is 29.4 Å². The quantitative estimate of drug-likeness (QED) is 0.645. The molecule has 0 radical (unpaired) electrons. The average Bonchev–Trinajstić information content (AvgIpc) is 2.48. The van der Waals surface area contributed by atoms with Crippen molar-refractivity contribution in [3.63, 3.8) is 0 Å². The molecular formula is C17H18Br2FN. The maximum absolute atomic E-state index is 13.8. The Morgan fingerprint density at radius 3 is 2.57 bits per heavy atom. The van der Waals surface area contributed by atoms with Gasteiger partial charge in [0.2, 0.25) is 0 Å². The highest BCUT2D eigenvalue weighted by atomic mass is 79.9. The molecule has 0 aromatic heterocycles. The van der Waals surface area contributed by atoms with E-state index in [1.165, 1.54) is 11.6 Å². The Morgan fingerprint density at radius 2 is 1.86 bits per heavy atom. The summed E-state index contributed by atoms with van der Waals surface area (Å²) in [5.74, 6) is -0.220. The molecule has 0 saturated carbocycles. The molecule has 0 aliphatic carbocycles. The Morgan fingerprint density at radius 1 is 1.10 bits per heavy atom. The number of nitrogens with one attached hydrogen (secondary N) is 1. The van der Waals surface area contributed by atoms with Crippen LogP contribution in [0.1, 0.15) is 30.5 Å². The van der Waals surface area contributed by atoms with Gasteiger partial charge in [0, 0.05) is 10.5 Å². The summed E-state index contributed by atoms with van der Waals surface area (Å²) in [5.41, 5.74) is 2.17. The molecule has 2 aromatic rings. The van der Waals surface area contributed by atoms with Crippen molar-refractivity contribution in [1.29, 1.82) is 0 Å². The van der Waals surface area contributed by atoms with E-state index in [0.29, 0.717) is 4.47 Å². The van der Waals surface area contributed by atoms with Crippen molar-refractivity contribution >= 4 is 31.9 Å². The first kappa shape index (κ1) is 16.7. The van der Waals surface area contributed by atoms with Gasteiger partial charge in [-0.2, -0.15) is 0 Å². The van der Waals surface area contributed by atoms with Crippen LogP contribution in [0.5, 0.6) is 0 Å². The molecule has 0 bridgehead atoms. The van der Waals surface area contributed by atoms with Crippen molar-refractivity contribution in [2.75, 3.05) is 6.54 Å². The maximum Gasteiger partial charge on any atom is 0.137 e. The van der Waals surface area contributed by atoms with Gasteiger partial charge in [0.05, 0.1) is 4.47 Å². The van der Waals surface area contributed by atoms with E-state index in [4.69, 9.17) is 0 Å². The average molecular weight is 415 g/mol. The van der Waals surface area contributed by atoms with Crippen molar-refractivity contribution < 1.29 is 4.39 Å². The van der Waals surface area contributed by atoms with Crippen molar-refractivity contribution in [1.82, 2.24) is 5.32 Å². The van der Waals surface area contributed by atoms with Gasteiger partial charge in [-0.15, -0.1) is 0 Å². The molecule has 0 fully saturated rings. The number of hydrogen-bond acceptors (Lipinski definition) is 1. The smallest absolute Gasteiger partial charge is 0.137 e. The van der Waals surface area contributed by atoms with E-state index >= 15 is 0 Å². The SMILES string of the molecule is CCCNC(Cc1ccccc1Br)c1cccc(F)c1Br.